The molecule has 1 heterocycles. The van der Waals surface area contributed by atoms with E-state index in [2.05, 4.69) is 9.72 Å². The fourth-order valence-electron chi connectivity index (χ4n) is 0.643. The van der Waals surface area contributed by atoms with Crippen molar-refractivity contribution in [2.24, 2.45) is 0 Å². The molecule has 0 aliphatic carbocycles. The van der Waals surface area contributed by atoms with E-state index in [1.54, 1.807) is 0 Å². The van der Waals surface area contributed by atoms with Crippen LogP contribution in [0.2, 0.25) is 0 Å². The maximum absolute atomic E-state index is 12.7. The Morgan fingerprint density at radius 2 is 2.18 bits per heavy atom. The number of anilines is 2. The first-order chi connectivity index (χ1) is 5.15. The van der Waals surface area contributed by atoms with E-state index >= 15 is 0 Å². The van der Waals surface area contributed by atoms with E-state index in [0.29, 0.717) is 0 Å². The standard InChI is InChI=1S/C6H8FN3O/c1-11-6-3(7)2-4(8)5(9)10-6/h2H,8H2,1H3,(H2,9,10). The molecule has 0 aliphatic heterocycles. The first-order valence-corrected chi connectivity index (χ1v) is 2.90. The summed E-state index contributed by atoms with van der Waals surface area (Å²) in [5.74, 6) is -0.681. The summed E-state index contributed by atoms with van der Waals surface area (Å²) in [5.41, 5.74) is 10.7. The number of halogens is 1. The molecule has 11 heavy (non-hydrogen) atoms. The van der Waals surface area contributed by atoms with Gasteiger partial charge < -0.3 is 16.2 Å². The minimum Gasteiger partial charge on any atom is -0.479 e. The van der Waals surface area contributed by atoms with E-state index < -0.39 is 5.82 Å². The number of methoxy groups -OCH3 is 1. The molecule has 0 aromatic carbocycles. The van der Waals surface area contributed by atoms with Crippen molar-refractivity contribution < 1.29 is 9.13 Å². The lowest BCUT2D eigenvalue weighted by atomic mass is 10.4. The number of nitrogen functional groups attached to an aromatic ring is 2. The Balaban J connectivity index is 3.21. The number of hydrogen-bond donors (Lipinski definition) is 2. The smallest absolute Gasteiger partial charge is 0.252 e. The molecule has 0 radical (unpaired) electrons. The van der Waals surface area contributed by atoms with Crippen molar-refractivity contribution in [3.05, 3.63) is 11.9 Å². The van der Waals surface area contributed by atoms with Crippen LogP contribution in [0.5, 0.6) is 5.88 Å². The number of hydrogen-bond acceptors (Lipinski definition) is 4. The minimum absolute atomic E-state index is 0.0725. The number of nitrogens with two attached hydrogens (primary N) is 2. The summed E-state index contributed by atoms with van der Waals surface area (Å²) in [5, 5.41) is 0. The molecule has 0 unspecified atom stereocenters. The summed E-state index contributed by atoms with van der Waals surface area (Å²) >= 11 is 0. The minimum atomic E-state index is -0.612. The number of ether oxygens (including phenoxy) is 1. The lowest BCUT2D eigenvalue weighted by molar-refractivity contribution is 0.370. The Morgan fingerprint density at radius 3 is 2.73 bits per heavy atom. The normalized spacial score (nSPS) is 9.64. The molecule has 4 nitrogen and oxygen atoms in total. The van der Waals surface area contributed by atoms with Gasteiger partial charge in [-0.3, -0.25) is 0 Å². The van der Waals surface area contributed by atoms with E-state index in [0.717, 1.165) is 6.07 Å². The molecule has 5 heteroatoms. The predicted molar refractivity (Wildman–Crippen MR) is 39.6 cm³/mol. The Bertz CT molecular complexity index is 277. The van der Waals surface area contributed by atoms with Crippen LogP contribution < -0.4 is 16.2 Å². The van der Waals surface area contributed by atoms with Crippen molar-refractivity contribution in [3.63, 3.8) is 0 Å². The van der Waals surface area contributed by atoms with Gasteiger partial charge in [0.15, 0.2) is 11.6 Å². The van der Waals surface area contributed by atoms with Crippen LogP contribution in [0.4, 0.5) is 15.9 Å². The largest absolute Gasteiger partial charge is 0.479 e. The van der Waals surface area contributed by atoms with Gasteiger partial charge in [0.05, 0.1) is 12.8 Å². The van der Waals surface area contributed by atoms with Crippen LogP contribution in [0, 0.1) is 5.82 Å². The topological polar surface area (TPSA) is 74.2 Å². The van der Waals surface area contributed by atoms with E-state index in [9.17, 15) is 4.39 Å². The molecule has 1 rings (SSSR count). The lowest BCUT2D eigenvalue weighted by Crippen LogP contribution is -2.01. The van der Waals surface area contributed by atoms with Crippen molar-refractivity contribution in [1.82, 2.24) is 4.98 Å². The summed E-state index contributed by atoms with van der Waals surface area (Å²) in [7, 11) is 1.31. The summed E-state index contributed by atoms with van der Waals surface area (Å²) < 4.78 is 17.3. The third kappa shape index (κ3) is 1.31. The van der Waals surface area contributed by atoms with Gasteiger partial charge in [0.2, 0.25) is 0 Å². The van der Waals surface area contributed by atoms with Crippen LogP contribution in [0.1, 0.15) is 0 Å². The zero-order valence-electron chi connectivity index (χ0n) is 5.97. The molecule has 0 fully saturated rings. The van der Waals surface area contributed by atoms with Crippen LogP contribution in [-0.4, -0.2) is 12.1 Å². The molecule has 4 N–H and O–H groups in total. The highest BCUT2D eigenvalue weighted by molar-refractivity contribution is 5.59. The number of pyridine rings is 1. The molecule has 1 aromatic heterocycles. The third-order valence-electron chi connectivity index (χ3n) is 1.20. The highest BCUT2D eigenvalue weighted by Gasteiger charge is 2.06. The molecular formula is C6H8FN3O. The van der Waals surface area contributed by atoms with E-state index in [-0.39, 0.29) is 17.4 Å². The first kappa shape index (κ1) is 7.59. The second-order valence-electron chi connectivity index (χ2n) is 1.95. The van der Waals surface area contributed by atoms with Crippen LogP contribution in [0.3, 0.4) is 0 Å². The van der Waals surface area contributed by atoms with Gasteiger partial charge in [-0.1, -0.05) is 0 Å². The zero-order chi connectivity index (χ0) is 8.43. The molecule has 1 aromatic rings. The summed E-state index contributed by atoms with van der Waals surface area (Å²) in [6.07, 6.45) is 0. The fraction of sp³-hybridized carbons (Fsp3) is 0.167. The van der Waals surface area contributed by atoms with Crippen molar-refractivity contribution in [2.45, 2.75) is 0 Å². The van der Waals surface area contributed by atoms with Crippen molar-refractivity contribution in [2.75, 3.05) is 18.6 Å². The molecule has 0 amide bonds. The fourth-order valence-corrected chi connectivity index (χ4v) is 0.643. The van der Waals surface area contributed by atoms with E-state index in [4.69, 9.17) is 11.5 Å². The maximum atomic E-state index is 12.7. The zero-order valence-corrected chi connectivity index (χ0v) is 5.97. The first-order valence-electron chi connectivity index (χ1n) is 2.90. The Kier molecular flexibility index (Phi) is 1.80. The highest BCUT2D eigenvalue weighted by atomic mass is 19.1. The van der Waals surface area contributed by atoms with Crippen molar-refractivity contribution in [1.29, 1.82) is 0 Å². The van der Waals surface area contributed by atoms with Crippen LogP contribution in [0.25, 0.3) is 0 Å². The van der Waals surface area contributed by atoms with Gasteiger partial charge in [-0.05, 0) is 0 Å². The highest BCUT2D eigenvalue weighted by Crippen LogP contribution is 2.20. The van der Waals surface area contributed by atoms with Gasteiger partial charge in [-0.15, -0.1) is 0 Å². The molecule has 0 spiro atoms. The molecule has 0 atom stereocenters. The van der Waals surface area contributed by atoms with E-state index in [1.165, 1.54) is 7.11 Å². The van der Waals surface area contributed by atoms with Gasteiger partial charge in [-0.25, -0.2) is 4.39 Å². The van der Waals surface area contributed by atoms with Gasteiger partial charge in [-0.2, -0.15) is 4.98 Å². The van der Waals surface area contributed by atoms with Gasteiger partial charge in [0.1, 0.15) is 0 Å². The maximum Gasteiger partial charge on any atom is 0.252 e. The average molecular weight is 157 g/mol. The van der Waals surface area contributed by atoms with Gasteiger partial charge in [0.25, 0.3) is 5.88 Å². The summed E-state index contributed by atoms with van der Waals surface area (Å²) in [4.78, 5) is 3.55. The van der Waals surface area contributed by atoms with Crippen molar-refractivity contribution in [3.8, 4) is 5.88 Å². The second kappa shape index (κ2) is 2.61. The van der Waals surface area contributed by atoms with Crippen LogP contribution in [-0.2, 0) is 0 Å². The molecule has 0 saturated heterocycles. The molecule has 0 aliphatic rings. The van der Waals surface area contributed by atoms with Gasteiger partial charge >= 0.3 is 0 Å². The Hall–Kier alpha value is -1.52. The van der Waals surface area contributed by atoms with Crippen LogP contribution >= 0.6 is 0 Å². The van der Waals surface area contributed by atoms with Crippen molar-refractivity contribution >= 4 is 11.5 Å². The molecular weight excluding hydrogens is 149 g/mol. The summed E-state index contributed by atoms with van der Waals surface area (Å²) in [6, 6.07) is 1.07. The monoisotopic (exact) mass is 157 g/mol. The average Bonchev–Trinajstić information content (AvgIpc) is 1.97. The second-order valence-corrected chi connectivity index (χ2v) is 1.95. The third-order valence-corrected chi connectivity index (χ3v) is 1.20. The molecule has 60 valence electrons. The quantitative estimate of drug-likeness (QED) is 0.618. The molecule has 0 saturated carbocycles. The van der Waals surface area contributed by atoms with E-state index in [1.807, 2.05) is 0 Å². The Labute approximate surface area is 63.0 Å². The number of aromatic nitrogens is 1. The SMILES string of the molecule is COc1nc(N)c(N)cc1F. The van der Waals surface area contributed by atoms with Gasteiger partial charge in [0, 0.05) is 6.07 Å². The van der Waals surface area contributed by atoms with Crippen LogP contribution in [0.15, 0.2) is 6.07 Å². The Morgan fingerprint density at radius 1 is 1.55 bits per heavy atom. The molecule has 0 bridgehead atoms. The summed E-state index contributed by atoms with van der Waals surface area (Å²) in [6.45, 7) is 0. The predicted octanol–water partition coefficient (Wildman–Crippen LogP) is 0.394. The number of nitrogens with zero attached hydrogens (tertiary/aromatic N) is 1. The lowest BCUT2D eigenvalue weighted by Gasteiger charge is -2.03. The number of rotatable bonds is 1.